The molecule has 5 nitrogen and oxygen atoms in total. The molecule has 0 saturated carbocycles. The highest BCUT2D eigenvalue weighted by atomic mass is 79.9. The number of hydrogen-bond donors (Lipinski definition) is 0. The first-order chi connectivity index (χ1) is 9.29. The average Bonchev–Trinajstić information content (AvgIpc) is 3.01. The molecule has 0 spiro atoms. The van der Waals surface area contributed by atoms with E-state index < -0.39 is 0 Å². The maximum absolute atomic E-state index is 5.38. The van der Waals surface area contributed by atoms with Crippen molar-refractivity contribution >= 4 is 21.6 Å². The van der Waals surface area contributed by atoms with Crippen LogP contribution in [0.5, 0.6) is 11.5 Å². The lowest BCUT2D eigenvalue weighted by Gasteiger charge is -2.03. The van der Waals surface area contributed by atoms with Crippen LogP contribution in [-0.4, -0.2) is 21.4 Å². The molecule has 4 rings (SSSR count). The van der Waals surface area contributed by atoms with Crippen molar-refractivity contribution in [1.29, 1.82) is 0 Å². The minimum Gasteiger partial charge on any atom is -0.454 e. The monoisotopic (exact) mass is 317 g/mol. The van der Waals surface area contributed by atoms with Gasteiger partial charge in [0.1, 0.15) is 4.60 Å². The van der Waals surface area contributed by atoms with Crippen molar-refractivity contribution in [2.45, 2.75) is 0 Å². The molecule has 0 saturated heterocycles. The van der Waals surface area contributed by atoms with Gasteiger partial charge in [-0.15, -0.1) is 0 Å². The van der Waals surface area contributed by atoms with Crippen LogP contribution in [0, 0.1) is 0 Å². The average molecular weight is 318 g/mol. The van der Waals surface area contributed by atoms with Gasteiger partial charge in [-0.2, -0.15) is 5.10 Å². The molecule has 94 valence electrons. The minimum atomic E-state index is 0.277. The number of rotatable bonds is 1. The van der Waals surface area contributed by atoms with E-state index in [-0.39, 0.29) is 6.79 Å². The molecule has 6 heteroatoms. The second-order valence-electron chi connectivity index (χ2n) is 4.15. The van der Waals surface area contributed by atoms with Gasteiger partial charge in [0, 0.05) is 5.56 Å². The zero-order valence-electron chi connectivity index (χ0n) is 9.71. The summed E-state index contributed by atoms with van der Waals surface area (Å²) in [6, 6.07) is 9.66. The Hall–Kier alpha value is -2.08. The summed E-state index contributed by atoms with van der Waals surface area (Å²) < 4.78 is 13.2. The van der Waals surface area contributed by atoms with E-state index in [2.05, 4.69) is 26.0 Å². The highest BCUT2D eigenvalue weighted by Crippen LogP contribution is 2.35. The van der Waals surface area contributed by atoms with E-state index in [1.807, 2.05) is 36.5 Å². The Morgan fingerprint density at radius 2 is 2.00 bits per heavy atom. The van der Waals surface area contributed by atoms with Crippen molar-refractivity contribution < 1.29 is 9.47 Å². The molecule has 0 bridgehead atoms. The number of hydrogen-bond acceptors (Lipinski definition) is 4. The SMILES string of the molecule is Brc1cn2nc(-c3ccc4c(c3)OCO4)ccc2n1. The molecule has 0 atom stereocenters. The molecule has 0 N–H and O–H groups in total. The second kappa shape index (κ2) is 3.96. The van der Waals surface area contributed by atoms with Gasteiger partial charge in [-0.1, -0.05) is 0 Å². The molecule has 1 aliphatic rings. The first kappa shape index (κ1) is 10.8. The van der Waals surface area contributed by atoms with Crippen molar-refractivity contribution in [3.05, 3.63) is 41.1 Å². The first-order valence-electron chi connectivity index (χ1n) is 5.71. The lowest BCUT2D eigenvalue weighted by Crippen LogP contribution is -1.93. The van der Waals surface area contributed by atoms with E-state index >= 15 is 0 Å². The molecule has 1 aromatic carbocycles. The number of ether oxygens (including phenoxy) is 2. The van der Waals surface area contributed by atoms with Crippen molar-refractivity contribution in [1.82, 2.24) is 14.6 Å². The zero-order valence-corrected chi connectivity index (χ0v) is 11.3. The number of nitrogens with zero attached hydrogens (tertiary/aromatic N) is 3. The summed E-state index contributed by atoms with van der Waals surface area (Å²) in [6.45, 7) is 0.277. The molecule has 3 heterocycles. The predicted molar refractivity (Wildman–Crippen MR) is 72.2 cm³/mol. The van der Waals surface area contributed by atoms with E-state index in [1.54, 1.807) is 4.52 Å². The molecule has 3 aromatic rings. The Balaban J connectivity index is 1.85. The normalized spacial score (nSPS) is 13.1. The molecule has 0 radical (unpaired) electrons. The van der Waals surface area contributed by atoms with Crippen molar-refractivity contribution in [2.24, 2.45) is 0 Å². The van der Waals surface area contributed by atoms with E-state index in [4.69, 9.17) is 9.47 Å². The molecule has 0 aliphatic carbocycles. The summed E-state index contributed by atoms with van der Waals surface area (Å²) in [5.74, 6) is 1.53. The smallest absolute Gasteiger partial charge is 0.231 e. The topological polar surface area (TPSA) is 48.7 Å². The van der Waals surface area contributed by atoms with E-state index in [0.717, 1.165) is 33.0 Å². The van der Waals surface area contributed by atoms with Crippen molar-refractivity contribution in [3.8, 4) is 22.8 Å². The number of imidazole rings is 1. The zero-order chi connectivity index (χ0) is 12.8. The highest BCUT2D eigenvalue weighted by molar-refractivity contribution is 9.10. The quantitative estimate of drug-likeness (QED) is 0.692. The predicted octanol–water partition coefficient (Wildman–Crippen LogP) is 2.89. The Bertz CT molecular complexity index is 785. The van der Waals surface area contributed by atoms with Gasteiger partial charge in [-0.25, -0.2) is 9.50 Å². The lowest BCUT2D eigenvalue weighted by atomic mass is 10.1. The molecular weight excluding hydrogens is 310 g/mol. The van der Waals surface area contributed by atoms with Crippen LogP contribution < -0.4 is 9.47 Å². The van der Waals surface area contributed by atoms with Gasteiger partial charge in [0.25, 0.3) is 0 Å². The van der Waals surface area contributed by atoms with Crippen LogP contribution in [0.1, 0.15) is 0 Å². The maximum Gasteiger partial charge on any atom is 0.231 e. The second-order valence-corrected chi connectivity index (χ2v) is 4.97. The van der Waals surface area contributed by atoms with E-state index in [1.165, 1.54) is 0 Å². The minimum absolute atomic E-state index is 0.277. The summed E-state index contributed by atoms with van der Waals surface area (Å²) in [7, 11) is 0. The first-order valence-corrected chi connectivity index (χ1v) is 6.51. The van der Waals surface area contributed by atoms with Crippen molar-refractivity contribution in [2.75, 3.05) is 6.79 Å². The van der Waals surface area contributed by atoms with Gasteiger partial charge in [0.05, 0.1) is 11.9 Å². The molecule has 2 aromatic heterocycles. The third-order valence-electron chi connectivity index (χ3n) is 2.96. The number of fused-ring (bicyclic) bond motifs is 2. The van der Waals surface area contributed by atoms with Crippen LogP contribution >= 0.6 is 15.9 Å². The molecule has 0 unspecified atom stereocenters. The summed E-state index contributed by atoms with van der Waals surface area (Å²) in [5.41, 5.74) is 2.64. The Labute approximate surface area is 116 Å². The molecule has 0 amide bonds. The van der Waals surface area contributed by atoms with Gasteiger partial charge in [-0.3, -0.25) is 0 Å². The number of benzene rings is 1. The highest BCUT2D eigenvalue weighted by Gasteiger charge is 2.14. The van der Waals surface area contributed by atoms with Gasteiger partial charge in [0.2, 0.25) is 6.79 Å². The summed E-state index contributed by atoms with van der Waals surface area (Å²) in [4.78, 5) is 4.28. The molecule has 1 aliphatic heterocycles. The van der Waals surface area contributed by atoms with Crippen LogP contribution in [0.4, 0.5) is 0 Å². The summed E-state index contributed by atoms with van der Waals surface area (Å²) in [5, 5.41) is 4.52. The van der Waals surface area contributed by atoms with Gasteiger partial charge in [0.15, 0.2) is 17.1 Å². The maximum atomic E-state index is 5.38. The fourth-order valence-electron chi connectivity index (χ4n) is 2.06. The van der Waals surface area contributed by atoms with Gasteiger partial charge in [-0.05, 0) is 46.3 Å². The van der Waals surface area contributed by atoms with Crippen LogP contribution in [0.15, 0.2) is 41.1 Å². The Morgan fingerprint density at radius 3 is 2.95 bits per heavy atom. The van der Waals surface area contributed by atoms with Gasteiger partial charge >= 0.3 is 0 Å². The van der Waals surface area contributed by atoms with Crippen LogP contribution in [0.2, 0.25) is 0 Å². The fourth-order valence-corrected chi connectivity index (χ4v) is 2.44. The fraction of sp³-hybridized carbons (Fsp3) is 0.0769. The van der Waals surface area contributed by atoms with Gasteiger partial charge < -0.3 is 9.47 Å². The Morgan fingerprint density at radius 1 is 1.11 bits per heavy atom. The third-order valence-corrected chi connectivity index (χ3v) is 3.34. The van der Waals surface area contributed by atoms with Crippen LogP contribution in [0.25, 0.3) is 16.9 Å². The lowest BCUT2D eigenvalue weighted by molar-refractivity contribution is 0.174. The Kier molecular flexibility index (Phi) is 2.25. The molecule has 0 fully saturated rings. The number of halogens is 1. The summed E-state index contributed by atoms with van der Waals surface area (Å²) in [6.07, 6.45) is 1.83. The van der Waals surface area contributed by atoms with E-state index in [0.29, 0.717) is 0 Å². The summed E-state index contributed by atoms with van der Waals surface area (Å²) >= 11 is 3.34. The largest absolute Gasteiger partial charge is 0.454 e. The third kappa shape index (κ3) is 1.76. The van der Waals surface area contributed by atoms with E-state index in [9.17, 15) is 0 Å². The molecule has 19 heavy (non-hydrogen) atoms. The van der Waals surface area contributed by atoms with Crippen LogP contribution in [-0.2, 0) is 0 Å². The van der Waals surface area contributed by atoms with Crippen molar-refractivity contribution in [3.63, 3.8) is 0 Å². The van der Waals surface area contributed by atoms with Crippen LogP contribution in [0.3, 0.4) is 0 Å². The number of aromatic nitrogens is 3. The standard InChI is InChI=1S/C13H8BrN3O2/c14-12-6-17-13(15-12)4-2-9(16-17)8-1-3-10-11(5-8)19-7-18-10/h1-6H,7H2. The molecular formula is C13H8BrN3O2.